The summed E-state index contributed by atoms with van der Waals surface area (Å²) in [5.74, 6) is 0.0358. The largest absolute Gasteiger partial charge is 0.360 e. The molecule has 68 valence electrons. The Balaban J connectivity index is 1.98. The molecule has 0 atom stereocenters. The van der Waals surface area contributed by atoms with E-state index in [1.807, 2.05) is 11.4 Å². The second-order valence-corrected chi connectivity index (χ2v) is 4.43. The third-order valence-corrected chi connectivity index (χ3v) is 3.47. The second kappa shape index (κ2) is 2.33. The van der Waals surface area contributed by atoms with Crippen molar-refractivity contribution in [3.05, 3.63) is 17.0 Å². The van der Waals surface area contributed by atoms with Gasteiger partial charge in [-0.2, -0.15) is 0 Å². The molecule has 1 amide bonds. The van der Waals surface area contributed by atoms with Gasteiger partial charge in [-0.3, -0.25) is 4.79 Å². The third kappa shape index (κ3) is 1.02. The van der Waals surface area contributed by atoms with Gasteiger partial charge in [0.1, 0.15) is 10.6 Å². The van der Waals surface area contributed by atoms with Crippen LogP contribution in [0.3, 0.4) is 0 Å². The summed E-state index contributed by atoms with van der Waals surface area (Å²) in [6, 6.07) is 2.00. The lowest BCUT2D eigenvalue weighted by Crippen LogP contribution is -2.29. The quantitative estimate of drug-likeness (QED) is 0.685. The molecule has 4 heteroatoms. The number of anilines is 1. The zero-order valence-electron chi connectivity index (χ0n) is 7.00. The van der Waals surface area contributed by atoms with Crippen LogP contribution in [0.1, 0.15) is 18.4 Å². The number of carbonyl (C=O) groups excluding carboxylic acids is 1. The first-order valence-electron chi connectivity index (χ1n) is 4.32. The van der Waals surface area contributed by atoms with Crippen molar-refractivity contribution in [3.63, 3.8) is 0 Å². The molecule has 3 rings (SSSR count). The average molecular weight is 195 g/mol. The second-order valence-electron chi connectivity index (χ2n) is 3.51. The summed E-state index contributed by atoms with van der Waals surface area (Å²) < 4.78 is 5.59. The van der Waals surface area contributed by atoms with E-state index in [1.165, 1.54) is 0 Å². The molecule has 2 aliphatic rings. The lowest BCUT2D eigenvalue weighted by Gasteiger charge is -2.09. The first-order chi connectivity index (χ1) is 6.30. The monoisotopic (exact) mass is 195 g/mol. The van der Waals surface area contributed by atoms with Gasteiger partial charge >= 0.3 is 0 Å². The standard InChI is InChI=1S/C9H9NO2S/c11-8-9(2-3-9)12-5-6-1-4-13-7(6)10-8/h1,4H,2-3,5H2,(H,10,11). The van der Waals surface area contributed by atoms with Crippen LogP contribution in [-0.4, -0.2) is 11.5 Å². The van der Waals surface area contributed by atoms with Gasteiger partial charge in [0.15, 0.2) is 0 Å². The van der Waals surface area contributed by atoms with Crippen LogP contribution in [-0.2, 0) is 16.1 Å². The van der Waals surface area contributed by atoms with E-state index in [4.69, 9.17) is 4.74 Å². The summed E-state index contributed by atoms with van der Waals surface area (Å²) in [7, 11) is 0. The van der Waals surface area contributed by atoms with Crippen LogP contribution in [0.5, 0.6) is 0 Å². The molecular weight excluding hydrogens is 186 g/mol. The van der Waals surface area contributed by atoms with Gasteiger partial charge in [-0.25, -0.2) is 0 Å². The van der Waals surface area contributed by atoms with Crippen molar-refractivity contribution >= 4 is 22.2 Å². The van der Waals surface area contributed by atoms with Crippen LogP contribution in [0.25, 0.3) is 0 Å². The first-order valence-corrected chi connectivity index (χ1v) is 5.20. The van der Waals surface area contributed by atoms with Gasteiger partial charge in [0, 0.05) is 5.56 Å². The minimum Gasteiger partial charge on any atom is -0.360 e. The molecule has 0 unspecified atom stereocenters. The Hall–Kier alpha value is -0.870. The van der Waals surface area contributed by atoms with Gasteiger partial charge in [-0.1, -0.05) is 0 Å². The first kappa shape index (κ1) is 7.53. The van der Waals surface area contributed by atoms with E-state index in [1.54, 1.807) is 11.3 Å². The number of thiophene rings is 1. The number of fused-ring (bicyclic) bond motifs is 1. The number of hydrogen-bond donors (Lipinski definition) is 1. The fourth-order valence-corrected chi connectivity index (χ4v) is 2.34. The maximum Gasteiger partial charge on any atom is 0.257 e. The zero-order chi connectivity index (χ0) is 8.89. The Kier molecular flexibility index (Phi) is 1.35. The number of rotatable bonds is 0. The number of hydrogen-bond acceptors (Lipinski definition) is 3. The van der Waals surface area contributed by atoms with Gasteiger partial charge in [-0.05, 0) is 24.3 Å². The fraction of sp³-hybridized carbons (Fsp3) is 0.444. The van der Waals surface area contributed by atoms with Crippen LogP contribution in [0.4, 0.5) is 5.00 Å². The number of nitrogens with one attached hydrogen (secondary N) is 1. The van der Waals surface area contributed by atoms with Crippen molar-refractivity contribution < 1.29 is 9.53 Å². The summed E-state index contributed by atoms with van der Waals surface area (Å²) in [5, 5.41) is 5.83. The summed E-state index contributed by atoms with van der Waals surface area (Å²) in [4.78, 5) is 11.6. The highest BCUT2D eigenvalue weighted by molar-refractivity contribution is 7.14. The minimum absolute atomic E-state index is 0.0358. The van der Waals surface area contributed by atoms with Crippen molar-refractivity contribution in [1.82, 2.24) is 0 Å². The molecule has 1 aromatic rings. The van der Waals surface area contributed by atoms with Crippen molar-refractivity contribution in [2.75, 3.05) is 5.32 Å². The molecule has 1 fully saturated rings. The van der Waals surface area contributed by atoms with E-state index in [9.17, 15) is 4.79 Å². The highest BCUT2D eigenvalue weighted by Gasteiger charge is 2.52. The van der Waals surface area contributed by atoms with Gasteiger partial charge in [-0.15, -0.1) is 11.3 Å². The molecule has 3 nitrogen and oxygen atoms in total. The highest BCUT2D eigenvalue weighted by atomic mass is 32.1. The molecule has 1 aromatic heterocycles. The molecule has 0 saturated heterocycles. The van der Waals surface area contributed by atoms with E-state index < -0.39 is 5.60 Å². The Bertz CT molecular complexity index is 367. The SMILES string of the molecule is O=C1Nc2sccc2COC12CC2. The minimum atomic E-state index is -0.473. The van der Waals surface area contributed by atoms with Crippen LogP contribution in [0, 0.1) is 0 Å². The van der Waals surface area contributed by atoms with Crippen molar-refractivity contribution in [2.45, 2.75) is 25.0 Å². The van der Waals surface area contributed by atoms with Crippen LogP contribution in [0.15, 0.2) is 11.4 Å². The predicted octanol–water partition coefficient (Wildman–Crippen LogP) is 1.75. The van der Waals surface area contributed by atoms with Gasteiger partial charge < -0.3 is 10.1 Å². The summed E-state index contributed by atoms with van der Waals surface area (Å²) in [6.45, 7) is 0.567. The maximum absolute atomic E-state index is 11.6. The molecule has 1 aliphatic carbocycles. The molecule has 1 spiro atoms. The molecular formula is C9H9NO2S. The third-order valence-electron chi connectivity index (χ3n) is 2.60. The summed E-state index contributed by atoms with van der Waals surface area (Å²) >= 11 is 1.56. The maximum atomic E-state index is 11.6. The van der Waals surface area contributed by atoms with Crippen LogP contribution in [0.2, 0.25) is 0 Å². The Morgan fingerprint density at radius 1 is 1.54 bits per heavy atom. The number of ether oxygens (including phenoxy) is 1. The fourth-order valence-electron chi connectivity index (χ4n) is 1.54. The lowest BCUT2D eigenvalue weighted by molar-refractivity contribution is -0.130. The average Bonchev–Trinajstić information content (AvgIpc) is 2.82. The number of carbonyl (C=O) groups is 1. The zero-order valence-corrected chi connectivity index (χ0v) is 7.82. The Morgan fingerprint density at radius 3 is 3.15 bits per heavy atom. The van der Waals surface area contributed by atoms with Crippen molar-refractivity contribution in [1.29, 1.82) is 0 Å². The smallest absolute Gasteiger partial charge is 0.257 e. The van der Waals surface area contributed by atoms with Gasteiger partial charge in [0.25, 0.3) is 5.91 Å². The normalized spacial score (nSPS) is 23.5. The molecule has 2 heterocycles. The molecule has 0 aromatic carbocycles. The van der Waals surface area contributed by atoms with E-state index in [2.05, 4.69) is 5.32 Å². The Labute approximate surface area is 79.7 Å². The van der Waals surface area contributed by atoms with E-state index in [0.29, 0.717) is 6.61 Å². The Morgan fingerprint density at radius 2 is 2.38 bits per heavy atom. The van der Waals surface area contributed by atoms with Crippen molar-refractivity contribution in [3.8, 4) is 0 Å². The summed E-state index contributed by atoms with van der Waals surface area (Å²) in [5.41, 5.74) is 0.626. The highest BCUT2D eigenvalue weighted by Crippen LogP contribution is 2.44. The number of amides is 1. The molecule has 1 saturated carbocycles. The van der Waals surface area contributed by atoms with Crippen LogP contribution >= 0.6 is 11.3 Å². The van der Waals surface area contributed by atoms with E-state index in [-0.39, 0.29) is 5.91 Å². The topological polar surface area (TPSA) is 38.3 Å². The molecule has 1 aliphatic heterocycles. The molecule has 0 bridgehead atoms. The van der Waals surface area contributed by atoms with Crippen molar-refractivity contribution in [2.24, 2.45) is 0 Å². The molecule has 1 N–H and O–H groups in total. The van der Waals surface area contributed by atoms with Gasteiger partial charge in [0.05, 0.1) is 6.61 Å². The van der Waals surface area contributed by atoms with Crippen LogP contribution < -0.4 is 5.32 Å². The predicted molar refractivity (Wildman–Crippen MR) is 49.7 cm³/mol. The van der Waals surface area contributed by atoms with E-state index >= 15 is 0 Å². The lowest BCUT2D eigenvalue weighted by atomic mass is 10.3. The molecule has 0 radical (unpaired) electrons. The van der Waals surface area contributed by atoms with Gasteiger partial charge in [0.2, 0.25) is 0 Å². The molecule has 13 heavy (non-hydrogen) atoms. The van der Waals surface area contributed by atoms with E-state index in [0.717, 1.165) is 23.4 Å². The summed E-state index contributed by atoms with van der Waals surface area (Å²) in [6.07, 6.45) is 1.74.